The average Bonchev–Trinajstić information content (AvgIpc) is 2.40. The van der Waals surface area contributed by atoms with Crippen LogP contribution in [0.1, 0.15) is 24.8 Å². The van der Waals surface area contributed by atoms with Gasteiger partial charge in [-0.1, -0.05) is 42.5 Å². The van der Waals surface area contributed by atoms with E-state index >= 15 is 0 Å². The summed E-state index contributed by atoms with van der Waals surface area (Å²) in [5.74, 6) is 0.616. The third-order valence-electron chi connectivity index (χ3n) is 3.23. The summed E-state index contributed by atoms with van der Waals surface area (Å²) >= 11 is 0. The maximum atomic E-state index is 11.9. The van der Waals surface area contributed by atoms with E-state index in [2.05, 4.69) is 29.6 Å². The van der Waals surface area contributed by atoms with E-state index in [1.165, 1.54) is 0 Å². The maximum absolute atomic E-state index is 11.9. The van der Waals surface area contributed by atoms with Crippen LogP contribution in [0.25, 0.3) is 0 Å². The summed E-state index contributed by atoms with van der Waals surface area (Å²) in [6.07, 6.45) is 11.0. The van der Waals surface area contributed by atoms with Gasteiger partial charge in [-0.05, 0) is 37.3 Å². The number of hydrogen-bond donors (Lipinski definition) is 1. The van der Waals surface area contributed by atoms with E-state index in [-0.39, 0.29) is 5.91 Å². The zero-order valence-electron chi connectivity index (χ0n) is 10.7. The molecule has 0 heterocycles. The molecule has 94 valence electrons. The first-order valence-electron chi connectivity index (χ1n) is 6.44. The lowest BCUT2D eigenvalue weighted by Gasteiger charge is -2.13. The highest BCUT2D eigenvalue weighted by molar-refractivity contribution is 5.91. The Labute approximate surface area is 108 Å². The molecule has 0 saturated heterocycles. The molecule has 1 aromatic carbocycles. The van der Waals surface area contributed by atoms with E-state index < -0.39 is 0 Å². The van der Waals surface area contributed by atoms with Gasteiger partial charge < -0.3 is 5.32 Å². The number of hydrogen-bond acceptors (Lipinski definition) is 1. The minimum absolute atomic E-state index is 0.104. The third-order valence-corrected chi connectivity index (χ3v) is 3.23. The largest absolute Gasteiger partial charge is 0.326 e. The van der Waals surface area contributed by atoms with Crippen molar-refractivity contribution in [2.24, 2.45) is 5.92 Å². The van der Waals surface area contributed by atoms with Gasteiger partial charge in [-0.2, -0.15) is 0 Å². The number of carbonyl (C=O) groups excluding carboxylic acids is 1. The Balaban J connectivity index is 1.80. The van der Waals surface area contributed by atoms with E-state index in [9.17, 15) is 4.79 Å². The standard InChI is InChI=1S/C16H19NO/c1-13-7-5-6-10-15(13)17-16(18)12-11-14-8-3-2-4-9-14/h2-8,10,14H,9,11-12H2,1H3,(H,17,18). The number of nitrogens with one attached hydrogen (secondary N) is 1. The molecule has 0 saturated carbocycles. The summed E-state index contributed by atoms with van der Waals surface area (Å²) in [5.41, 5.74) is 2.02. The van der Waals surface area contributed by atoms with E-state index in [0.717, 1.165) is 24.1 Å². The lowest BCUT2D eigenvalue weighted by molar-refractivity contribution is -0.116. The van der Waals surface area contributed by atoms with Crippen LogP contribution in [-0.4, -0.2) is 5.91 Å². The molecule has 0 aromatic heterocycles. The van der Waals surface area contributed by atoms with Crippen molar-refractivity contribution in [1.82, 2.24) is 0 Å². The molecule has 1 N–H and O–H groups in total. The number of anilines is 1. The predicted octanol–water partition coefficient (Wildman–Crippen LogP) is 3.85. The first-order chi connectivity index (χ1) is 8.75. The maximum Gasteiger partial charge on any atom is 0.224 e. The number of rotatable bonds is 4. The van der Waals surface area contributed by atoms with Gasteiger partial charge in [-0.25, -0.2) is 0 Å². The van der Waals surface area contributed by atoms with Crippen molar-refractivity contribution in [2.45, 2.75) is 26.2 Å². The lowest BCUT2D eigenvalue weighted by atomic mass is 9.95. The van der Waals surface area contributed by atoms with Gasteiger partial charge in [0.25, 0.3) is 0 Å². The number of para-hydroxylation sites is 1. The number of carbonyl (C=O) groups is 1. The van der Waals surface area contributed by atoms with Crippen LogP contribution < -0.4 is 5.32 Å². The smallest absolute Gasteiger partial charge is 0.224 e. The highest BCUT2D eigenvalue weighted by atomic mass is 16.1. The molecule has 1 atom stereocenters. The van der Waals surface area contributed by atoms with Crippen molar-refractivity contribution in [3.8, 4) is 0 Å². The minimum Gasteiger partial charge on any atom is -0.326 e. The van der Waals surface area contributed by atoms with Crippen molar-refractivity contribution >= 4 is 11.6 Å². The fourth-order valence-corrected chi connectivity index (χ4v) is 2.09. The summed E-state index contributed by atoms with van der Waals surface area (Å²) < 4.78 is 0. The van der Waals surface area contributed by atoms with Gasteiger partial charge >= 0.3 is 0 Å². The normalized spacial score (nSPS) is 17.7. The van der Waals surface area contributed by atoms with Crippen LogP contribution in [0.3, 0.4) is 0 Å². The van der Waals surface area contributed by atoms with Gasteiger partial charge in [-0.15, -0.1) is 0 Å². The molecule has 2 rings (SSSR count). The first-order valence-corrected chi connectivity index (χ1v) is 6.44. The van der Waals surface area contributed by atoms with Crippen molar-refractivity contribution in [2.75, 3.05) is 5.32 Å². The van der Waals surface area contributed by atoms with Crippen LogP contribution in [0.15, 0.2) is 48.6 Å². The topological polar surface area (TPSA) is 29.1 Å². The molecule has 1 aromatic rings. The summed E-state index contributed by atoms with van der Waals surface area (Å²) in [7, 11) is 0. The van der Waals surface area contributed by atoms with E-state index in [1.54, 1.807) is 0 Å². The Morgan fingerprint density at radius 3 is 2.89 bits per heavy atom. The molecular weight excluding hydrogens is 222 g/mol. The third kappa shape index (κ3) is 3.59. The summed E-state index contributed by atoms with van der Waals surface area (Å²) in [4.78, 5) is 11.9. The fourth-order valence-electron chi connectivity index (χ4n) is 2.09. The molecule has 0 radical (unpaired) electrons. The zero-order chi connectivity index (χ0) is 12.8. The second-order valence-electron chi connectivity index (χ2n) is 4.71. The molecule has 1 aliphatic carbocycles. The Morgan fingerprint density at radius 2 is 2.17 bits per heavy atom. The van der Waals surface area contributed by atoms with Crippen LogP contribution in [0.2, 0.25) is 0 Å². The molecule has 18 heavy (non-hydrogen) atoms. The average molecular weight is 241 g/mol. The quantitative estimate of drug-likeness (QED) is 0.852. The summed E-state index contributed by atoms with van der Waals surface area (Å²) in [6, 6.07) is 7.86. The Morgan fingerprint density at radius 1 is 1.33 bits per heavy atom. The van der Waals surface area contributed by atoms with Crippen LogP contribution in [0, 0.1) is 12.8 Å². The van der Waals surface area contributed by atoms with E-state index in [0.29, 0.717) is 12.3 Å². The molecular formula is C16H19NO. The van der Waals surface area contributed by atoms with Gasteiger partial charge in [-0.3, -0.25) is 4.79 Å². The van der Waals surface area contributed by atoms with Crippen LogP contribution >= 0.6 is 0 Å². The van der Waals surface area contributed by atoms with Crippen molar-refractivity contribution in [1.29, 1.82) is 0 Å². The Kier molecular flexibility index (Phi) is 4.35. The molecule has 1 unspecified atom stereocenters. The molecule has 1 aliphatic rings. The number of allylic oxidation sites excluding steroid dienone is 4. The molecule has 0 aliphatic heterocycles. The highest BCUT2D eigenvalue weighted by Crippen LogP contribution is 2.18. The van der Waals surface area contributed by atoms with Crippen molar-refractivity contribution in [3.05, 3.63) is 54.1 Å². The highest BCUT2D eigenvalue weighted by Gasteiger charge is 2.09. The minimum atomic E-state index is 0.104. The SMILES string of the molecule is Cc1ccccc1NC(=O)CCC1C=CC=CC1. The van der Waals surface area contributed by atoms with Gasteiger partial charge in [0.1, 0.15) is 0 Å². The van der Waals surface area contributed by atoms with Crippen molar-refractivity contribution in [3.63, 3.8) is 0 Å². The van der Waals surface area contributed by atoms with Gasteiger partial charge in [0.05, 0.1) is 0 Å². The molecule has 1 amide bonds. The number of amides is 1. The predicted molar refractivity (Wildman–Crippen MR) is 75.4 cm³/mol. The Hall–Kier alpha value is -1.83. The molecule has 0 bridgehead atoms. The van der Waals surface area contributed by atoms with Gasteiger partial charge in [0.15, 0.2) is 0 Å². The monoisotopic (exact) mass is 241 g/mol. The zero-order valence-corrected chi connectivity index (χ0v) is 10.7. The van der Waals surface area contributed by atoms with Crippen LogP contribution in [-0.2, 0) is 4.79 Å². The summed E-state index contributed by atoms with van der Waals surface area (Å²) in [6.45, 7) is 2.00. The van der Waals surface area contributed by atoms with Crippen molar-refractivity contribution < 1.29 is 4.79 Å². The first kappa shape index (κ1) is 12.6. The van der Waals surface area contributed by atoms with Crippen LogP contribution in [0.5, 0.6) is 0 Å². The number of aryl methyl sites for hydroxylation is 1. The second kappa shape index (κ2) is 6.20. The van der Waals surface area contributed by atoms with Gasteiger partial charge in [0.2, 0.25) is 5.91 Å². The summed E-state index contributed by atoms with van der Waals surface area (Å²) in [5, 5.41) is 2.97. The molecule has 0 spiro atoms. The lowest BCUT2D eigenvalue weighted by Crippen LogP contribution is -2.13. The fraction of sp³-hybridized carbons (Fsp3) is 0.312. The van der Waals surface area contributed by atoms with Crippen LogP contribution in [0.4, 0.5) is 5.69 Å². The van der Waals surface area contributed by atoms with Gasteiger partial charge in [0, 0.05) is 12.1 Å². The Bertz CT molecular complexity index is 474. The molecule has 0 fully saturated rings. The number of benzene rings is 1. The van der Waals surface area contributed by atoms with E-state index in [1.807, 2.05) is 31.2 Å². The second-order valence-corrected chi connectivity index (χ2v) is 4.71. The van der Waals surface area contributed by atoms with E-state index in [4.69, 9.17) is 0 Å². The molecule has 2 heteroatoms. The molecule has 2 nitrogen and oxygen atoms in total.